The predicted molar refractivity (Wildman–Crippen MR) is 87.6 cm³/mol. The van der Waals surface area contributed by atoms with Crippen molar-refractivity contribution in [3.05, 3.63) is 29.3 Å². The van der Waals surface area contributed by atoms with Crippen molar-refractivity contribution in [3.8, 4) is 5.75 Å². The topological polar surface area (TPSA) is 41.7 Å². The molecule has 0 aromatic heterocycles. The van der Waals surface area contributed by atoms with Crippen molar-refractivity contribution in [2.24, 2.45) is 5.73 Å². The highest BCUT2D eigenvalue weighted by Crippen LogP contribution is 2.25. The fourth-order valence-corrected chi connectivity index (χ4v) is 3.04. The fraction of sp³-hybridized carbons (Fsp3) is 0.647. The molecular formula is C17H29N3O. The molecule has 1 saturated heterocycles. The van der Waals surface area contributed by atoms with Crippen LogP contribution in [0.5, 0.6) is 5.75 Å². The fourth-order valence-electron chi connectivity index (χ4n) is 3.04. The van der Waals surface area contributed by atoms with Crippen molar-refractivity contribution < 1.29 is 4.74 Å². The van der Waals surface area contributed by atoms with Crippen LogP contribution < -0.4 is 10.5 Å². The average molecular weight is 291 g/mol. The molecule has 1 aromatic rings. The lowest BCUT2D eigenvalue weighted by atomic mass is 10.0. The van der Waals surface area contributed by atoms with Crippen molar-refractivity contribution in [1.82, 2.24) is 9.80 Å². The van der Waals surface area contributed by atoms with Gasteiger partial charge in [-0.3, -0.25) is 4.90 Å². The number of nitrogens with two attached hydrogens (primary N) is 1. The molecule has 4 nitrogen and oxygen atoms in total. The van der Waals surface area contributed by atoms with E-state index in [4.69, 9.17) is 10.5 Å². The largest absolute Gasteiger partial charge is 0.496 e. The number of hydrogen-bond donors (Lipinski definition) is 1. The molecule has 1 heterocycles. The normalized spacial score (nSPS) is 22.2. The molecule has 0 spiro atoms. The molecule has 0 saturated carbocycles. The minimum atomic E-state index is 0.0607. The Morgan fingerprint density at radius 2 is 2.14 bits per heavy atom. The number of methoxy groups -OCH3 is 1. The number of rotatable bonds is 5. The van der Waals surface area contributed by atoms with Gasteiger partial charge >= 0.3 is 0 Å². The van der Waals surface area contributed by atoms with Gasteiger partial charge < -0.3 is 15.4 Å². The molecule has 1 aliphatic rings. The first-order valence-corrected chi connectivity index (χ1v) is 7.90. The zero-order chi connectivity index (χ0) is 15.4. The van der Waals surface area contributed by atoms with Crippen LogP contribution in [0.4, 0.5) is 0 Å². The molecule has 21 heavy (non-hydrogen) atoms. The van der Waals surface area contributed by atoms with Crippen LogP contribution >= 0.6 is 0 Å². The summed E-state index contributed by atoms with van der Waals surface area (Å²) in [7, 11) is 3.96. The molecule has 2 N–H and O–H groups in total. The first-order chi connectivity index (χ1) is 10.0. The van der Waals surface area contributed by atoms with E-state index in [-0.39, 0.29) is 6.04 Å². The lowest BCUT2D eigenvalue weighted by Gasteiger charge is -2.39. The highest BCUT2D eigenvalue weighted by molar-refractivity contribution is 5.38. The Kier molecular flexibility index (Phi) is 5.62. The Bertz CT molecular complexity index is 461. The summed E-state index contributed by atoms with van der Waals surface area (Å²) >= 11 is 0. The first-order valence-electron chi connectivity index (χ1n) is 7.90. The summed E-state index contributed by atoms with van der Waals surface area (Å²) in [6, 6.07) is 7.02. The van der Waals surface area contributed by atoms with E-state index in [0.717, 1.165) is 31.9 Å². The van der Waals surface area contributed by atoms with Crippen LogP contribution in [-0.4, -0.2) is 49.6 Å². The zero-order valence-corrected chi connectivity index (χ0v) is 13.8. The number of hydrogen-bond acceptors (Lipinski definition) is 4. The second-order valence-corrected chi connectivity index (χ2v) is 6.14. The molecule has 2 unspecified atom stereocenters. The van der Waals surface area contributed by atoms with E-state index in [1.54, 1.807) is 7.11 Å². The molecule has 1 fully saturated rings. The Hall–Kier alpha value is -1.10. The van der Waals surface area contributed by atoms with E-state index in [9.17, 15) is 0 Å². The van der Waals surface area contributed by atoms with Crippen molar-refractivity contribution in [2.75, 3.05) is 33.8 Å². The van der Waals surface area contributed by atoms with Crippen LogP contribution in [0, 0.1) is 0 Å². The summed E-state index contributed by atoms with van der Waals surface area (Å²) in [5.41, 5.74) is 8.42. The average Bonchev–Trinajstić information content (AvgIpc) is 2.49. The summed E-state index contributed by atoms with van der Waals surface area (Å²) in [5.74, 6) is 0.964. The Labute approximate surface area is 128 Å². The Morgan fingerprint density at radius 3 is 2.76 bits per heavy atom. The number of ether oxygens (including phenoxy) is 1. The van der Waals surface area contributed by atoms with Crippen molar-refractivity contribution >= 4 is 0 Å². The van der Waals surface area contributed by atoms with Gasteiger partial charge in [0.05, 0.1) is 7.11 Å². The molecule has 1 aliphatic heterocycles. The van der Waals surface area contributed by atoms with Crippen LogP contribution in [0.2, 0.25) is 0 Å². The van der Waals surface area contributed by atoms with E-state index in [0.29, 0.717) is 6.04 Å². The molecule has 4 heteroatoms. The van der Waals surface area contributed by atoms with Gasteiger partial charge in [0.2, 0.25) is 0 Å². The maximum Gasteiger partial charge on any atom is 0.123 e. The van der Waals surface area contributed by atoms with Crippen molar-refractivity contribution in [2.45, 2.75) is 38.9 Å². The Balaban J connectivity index is 2.12. The maximum atomic E-state index is 6.01. The van der Waals surface area contributed by atoms with Crippen molar-refractivity contribution in [1.29, 1.82) is 0 Å². The molecule has 0 amide bonds. The Morgan fingerprint density at radius 1 is 1.38 bits per heavy atom. The number of benzene rings is 1. The molecule has 0 bridgehead atoms. The number of piperazine rings is 1. The SMILES string of the molecule is CCC1CN(Cc2cc(C(C)N)ccc2OC)CCN1C. The third-order valence-corrected chi connectivity index (χ3v) is 4.56. The zero-order valence-electron chi connectivity index (χ0n) is 13.8. The standard InChI is InChI=1S/C17H29N3O/c1-5-16-12-20(9-8-19(16)3)11-15-10-14(13(2)18)6-7-17(15)21-4/h6-7,10,13,16H,5,8-9,11-12,18H2,1-4H3. The van der Waals surface area contributed by atoms with E-state index in [2.05, 4.69) is 35.9 Å². The smallest absolute Gasteiger partial charge is 0.123 e. The summed E-state index contributed by atoms with van der Waals surface area (Å²) in [4.78, 5) is 4.99. The second-order valence-electron chi connectivity index (χ2n) is 6.14. The van der Waals surface area contributed by atoms with Crippen LogP contribution in [0.15, 0.2) is 18.2 Å². The van der Waals surface area contributed by atoms with Gasteiger partial charge in [0, 0.05) is 43.8 Å². The van der Waals surface area contributed by atoms with Gasteiger partial charge in [0.25, 0.3) is 0 Å². The second kappa shape index (κ2) is 7.25. The first kappa shape index (κ1) is 16.3. The molecule has 0 radical (unpaired) electrons. The summed E-state index contributed by atoms with van der Waals surface area (Å²) in [6.07, 6.45) is 1.20. The van der Waals surface area contributed by atoms with E-state index >= 15 is 0 Å². The number of likely N-dealkylation sites (N-methyl/N-ethyl adjacent to an activating group) is 1. The minimum absolute atomic E-state index is 0.0607. The maximum absolute atomic E-state index is 6.01. The monoisotopic (exact) mass is 291 g/mol. The quantitative estimate of drug-likeness (QED) is 0.903. The highest BCUT2D eigenvalue weighted by atomic mass is 16.5. The van der Waals surface area contributed by atoms with E-state index in [1.807, 2.05) is 13.0 Å². The van der Waals surface area contributed by atoms with Gasteiger partial charge in [-0.15, -0.1) is 0 Å². The molecule has 0 aliphatic carbocycles. The molecule has 118 valence electrons. The lowest BCUT2D eigenvalue weighted by Crippen LogP contribution is -2.50. The highest BCUT2D eigenvalue weighted by Gasteiger charge is 2.23. The summed E-state index contributed by atoms with van der Waals surface area (Å²) < 4.78 is 5.52. The number of nitrogens with zero attached hydrogens (tertiary/aromatic N) is 2. The van der Waals surface area contributed by atoms with Gasteiger partial charge in [0.15, 0.2) is 0 Å². The summed E-state index contributed by atoms with van der Waals surface area (Å²) in [6.45, 7) is 8.59. The van der Waals surface area contributed by atoms with E-state index < -0.39 is 0 Å². The predicted octanol–water partition coefficient (Wildman–Crippen LogP) is 2.24. The van der Waals surface area contributed by atoms with E-state index in [1.165, 1.54) is 17.5 Å². The van der Waals surface area contributed by atoms with Crippen LogP contribution in [-0.2, 0) is 6.54 Å². The van der Waals surface area contributed by atoms with Gasteiger partial charge in [-0.25, -0.2) is 0 Å². The van der Waals surface area contributed by atoms with Gasteiger partial charge in [-0.05, 0) is 38.1 Å². The van der Waals surface area contributed by atoms with Gasteiger partial charge in [-0.2, -0.15) is 0 Å². The molecule has 2 rings (SSSR count). The minimum Gasteiger partial charge on any atom is -0.496 e. The lowest BCUT2D eigenvalue weighted by molar-refractivity contribution is 0.0878. The third-order valence-electron chi connectivity index (χ3n) is 4.56. The van der Waals surface area contributed by atoms with Crippen LogP contribution in [0.3, 0.4) is 0 Å². The van der Waals surface area contributed by atoms with Crippen molar-refractivity contribution in [3.63, 3.8) is 0 Å². The van der Waals surface area contributed by atoms with Gasteiger partial charge in [0.1, 0.15) is 5.75 Å². The molecular weight excluding hydrogens is 262 g/mol. The summed E-state index contributed by atoms with van der Waals surface area (Å²) in [5, 5.41) is 0. The van der Waals surface area contributed by atoms with Crippen LogP contribution in [0.1, 0.15) is 37.4 Å². The molecule has 1 aromatic carbocycles. The van der Waals surface area contributed by atoms with Crippen LogP contribution in [0.25, 0.3) is 0 Å². The van der Waals surface area contributed by atoms with Gasteiger partial charge in [-0.1, -0.05) is 13.0 Å². The molecule has 2 atom stereocenters. The third kappa shape index (κ3) is 3.96.